The summed E-state index contributed by atoms with van der Waals surface area (Å²) in [4.78, 5) is 11.3. The summed E-state index contributed by atoms with van der Waals surface area (Å²) in [6.45, 7) is 4.51. The van der Waals surface area contributed by atoms with E-state index in [2.05, 4.69) is 24.6 Å². The van der Waals surface area contributed by atoms with Crippen LogP contribution in [0.1, 0.15) is 11.6 Å². The van der Waals surface area contributed by atoms with Gasteiger partial charge in [0.1, 0.15) is 11.6 Å². The van der Waals surface area contributed by atoms with Crippen LogP contribution >= 0.6 is 0 Å². The summed E-state index contributed by atoms with van der Waals surface area (Å²) in [5, 5.41) is 8.39. The van der Waals surface area contributed by atoms with E-state index in [4.69, 9.17) is 4.98 Å². The van der Waals surface area contributed by atoms with Crippen LogP contribution in [0.4, 0.5) is 5.82 Å². The van der Waals surface area contributed by atoms with Gasteiger partial charge in [0.2, 0.25) is 0 Å². The molecule has 6 heteroatoms. The molecule has 6 nitrogen and oxygen atoms in total. The number of aryl methyl sites for hydroxylation is 1. The first kappa shape index (κ1) is 12.9. The Kier molecular flexibility index (Phi) is 3.07. The van der Waals surface area contributed by atoms with Gasteiger partial charge in [-0.25, -0.2) is 9.97 Å². The molecule has 1 aliphatic rings. The predicted molar refractivity (Wildman–Crippen MR) is 83.3 cm³/mol. The van der Waals surface area contributed by atoms with E-state index in [9.17, 15) is 0 Å². The monoisotopic (exact) mass is 292 g/mol. The zero-order chi connectivity index (χ0) is 14.9. The molecule has 3 aromatic rings. The minimum absolute atomic E-state index is 0.728. The molecular formula is C16H16N6. The standard InChI is InChI=1S/C16H16N6/c1-12-19-20-15-11-21(9-10-22(12)15)14-7-8-17-16(18-14)13-5-3-2-4-6-13/h2-8H,9-11H2,1H3. The number of anilines is 1. The van der Waals surface area contributed by atoms with Crippen LogP contribution in [0.25, 0.3) is 11.4 Å². The van der Waals surface area contributed by atoms with Gasteiger partial charge in [-0.15, -0.1) is 10.2 Å². The van der Waals surface area contributed by atoms with Crippen LogP contribution in [0.3, 0.4) is 0 Å². The Hall–Kier alpha value is -2.76. The first-order valence-electron chi connectivity index (χ1n) is 7.33. The second kappa shape index (κ2) is 5.22. The molecule has 1 aromatic carbocycles. The minimum Gasteiger partial charge on any atom is -0.347 e. The summed E-state index contributed by atoms with van der Waals surface area (Å²) in [5.74, 6) is 3.65. The molecule has 0 amide bonds. The zero-order valence-electron chi connectivity index (χ0n) is 12.3. The third kappa shape index (κ3) is 2.22. The fourth-order valence-electron chi connectivity index (χ4n) is 2.75. The Morgan fingerprint density at radius 3 is 2.73 bits per heavy atom. The molecule has 2 aromatic heterocycles. The van der Waals surface area contributed by atoms with E-state index in [0.717, 1.165) is 48.5 Å². The van der Waals surface area contributed by atoms with E-state index in [-0.39, 0.29) is 0 Å². The summed E-state index contributed by atoms with van der Waals surface area (Å²) < 4.78 is 2.16. The van der Waals surface area contributed by atoms with Gasteiger partial charge in [0.15, 0.2) is 11.6 Å². The van der Waals surface area contributed by atoms with E-state index in [1.54, 1.807) is 0 Å². The Labute approximate surface area is 128 Å². The number of rotatable bonds is 2. The highest BCUT2D eigenvalue weighted by Crippen LogP contribution is 2.21. The first-order chi connectivity index (χ1) is 10.8. The van der Waals surface area contributed by atoms with Crippen LogP contribution in [0, 0.1) is 6.92 Å². The smallest absolute Gasteiger partial charge is 0.161 e. The van der Waals surface area contributed by atoms with Gasteiger partial charge >= 0.3 is 0 Å². The molecule has 1 aliphatic heterocycles. The van der Waals surface area contributed by atoms with Crippen LogP contribution in [-0.2, 0) is 13.1 Å². The van der Waals surface area contributed by atoms with Crippen molar-refractivity contribution in [3.05, 3.63) is 54.2 Å². The van der Waals surface area contributed by atoms with Gasteiger partial charge in [-0.1, -0.05) is 30.3 Å². The average Bonchev–Trinajstić information content (AvgIpc) is 2.96. The van der Waals surface area contributed by atoms with E-state index in [0.29, 0.717) is 0 Å². The van der Waals surface area contributed by atoms with E-state index in [1.807, 2.05) is 49.5 Å². The normalized spacial score (nSPS) is 14.0. The van der Waals surface area contributed by atoms with Crippen molar-refractivity contribution in [2.75, 3.05) is 11.4 Å². The van der Waals surface area contributed by atoms with Gasteiger partial charge in [-0.05, 0) is 13.0 Å². The summed E-state index contributed by atoms with van der Waals surface area (Å²) in [6, 6.07) is 12.0. The topological polar surface area (TPSA) is 59.7 Å². The van der Waals surface area contributed by atoms with Gasteiger partial charge in [0.05, 0.1) is 6.54 Å². The fourth-order valence-corrected chi connectivity index (χ4v) is 2.75. The third-order valence-electron chi connectivity index (χ3n) is 3.94. The molecular weight excluding hydrogens is 276 g/mol. The predicted octanol–water partition coefficient (Wildman–Crippen LogP) is 2.06. The quantitative estimate of drug-likeness (QED) is 0.723. The number of nitrogens with zero attached hydrogens (tertiary/aromatic N) is 6. The van der Waals surface area contributed by atoms with Crippen LogP contribution in [-0.4, -0.2) is 31.3 Å². The molecule has 0 aliphatic carbocycles. The van der Waals surface area contributed by atoms with Crippen LogP contribution in [0.15, 0.2) is 42.6 Å². The van der Waals surface area contributed by atoms with Crippen molar-refractivity contribution >= 4 is 5.82 Å². The second-order valence-corrected chi connectivity index (χ2v) is 5.34. The first-order valence-corrected chi connectivity index (χ1v) is 7.33. The van der Waals surface area contributed by atoms with Gasteiger partial charge in [-0.2, -0.15) is 0 Å². The van der Waals surface area contributed by atoms with Crippen molar-refractivity contribution in [3.63, 3.8) is 0 Å². The third-order valence-corrected chi connectivity index (χ3v) is 3.94. The number of aromatic nitrogens is 5. The lowest BCUT2D eigenvalue weighted by Crippen LogP contribution is -2.34. The summed E-state index contributed by atoms with van der Waals surface area (Å²) in [7, 11) is 0. The SMILES string of the molecule is Cc1nnc2n1CCN(c1ccnc(-c3ccccc3)n1)C2. The molecule has 0 unspecified atom stereocenters. The number of benzene rings is 1. The molecule has 0 N–H and O–H groups in total. The van der Waals surface area contributed by atoms with Crippen molar-refractivity contribution in [1.82, 2.24) is 24.7 Å². The molecule has 3 heterocycles. The second-order valence-electron chi connectivity index (χ2n) is 5.34. The molecule has 4 rings (SSSR count). The summed E-state index contributed by atoms with van der Waals surface area (Å²) >= 11 is 0. The van der Waals surface area contributed by atoms with E-state index in [1.165, 1.54) is 0 Å². The van der Waals surface area contributed by atoms with Gasteiger partial charge in [0.25, 0.3) is 0 Å². The number of hydrogen-bond donors (Lipinski definition) is 0. The number of fused-ring (bicyclic) bond motifs is 1. The van der Waals surface area contributed by atoms with Gasteiger partial charge in [-0.3, -0.25) is 0 Å². The molecule has 110 valence electrons. The maximum atomic E-state index is 4.70. The van der Waals surface area contributed by atoms with Gasteiger partial charge in [0, 0.05) is 24.8 Å². The maximum absolute atomic E-state index is 4.70. The van der Waals surface area contributed by atoms with Crippen LogP contribution < -0.4 is 4.90 Å². The van der Waals surface area contributed by atoms with Crippen molar-refractivity contribution in [2.24, 2.45) is 0 Å². The highest BCUT2D eigenvalue weighted by molar-refractivity contribution is 5.57. The highest BCUT2D eigenvalue weighted by Gasteiger charge is 2.20. The number of hydrogen-bond acceptors (Lipinski definition) is 5. The maximum Gasteiger partial charge on any atom is 0.161 e. The Morgan fingerprint density at radius 1 is 1.00 bits per heavy atom. The lowest BCUT2D eigenvalue weighted by molar-refractivity contribution is 0.547. The Bertz CT molecular complexity index is 795. The lowest BCUT2D eigenvalue weighted by atomic mass is 10.2. The zero-order valence-corrected chi connectivity index (χ0v) is 12.3. The van der Waals surface area contributed by atoms with Crippen molar-refractivity contribution in [3.8, 4) is 11.4 Å². The van der Waals surface area contributed by atoms with E-state index >= 15 is 0 Å². The van der Waals surface area contributed by atoms with Crippen LogP contribution in [0.2, 0.25) is 0 Å². The molecule has 0 saturated heterocycles. The van der Waals surface area contributed by atoms with Crippen molar-refractivity contribution in [2.45, 2.75) is 20.0 Å². The van der Waals surface area contributed by atoms with Crippen LogP contribution in [0.5, 0.6) is 0 Å². The lowest BCUT2D eigenvalue weighted by Gasteiger charge is -2.28. The Morgan fingerprint density at radius 2 is 1.86 bits per heavy atom. The fraction of sp³-hybridized carbons (Fsp3) is 0.250. The molecule has 0 bridgehead atoms. The highest BCUT2D eigenvalue weighted by atomic mass is 15.3. The largest absolute Gasteiger partial charge is 0.347 e. The minimum atomic E-state index is 0.728. The van der Waals surface area contributed by atoms with Gasteiger partial charge < -0.3 is 9.47 Å². The molecule has 0 fully saturated rings. The Balaban J connectivity index is 1.64. The summed E-state index contributed by atoms with van der Waals surface area (Å²) in [5.41, 5.74) is 1.03. The molecule has 0 atom stereocenters. The molecule has 22 heavy (non-hydrogen) atoms. The van der Waals surface area contributed by atoms with Crippen molar-refractivity contribution < 1.29 is 0 Å². The molecule has 0 spiro atoms. The van der Waals surface area contributed by atoms with Crippen molar-refractivity contribution in [1.29, 1.82) is 0 Å². The molecule has 0 saturated carbocycles. The summed E-state index contributed by atoms with van der Waals surface area (Å²) in [6.07, 6.45) is 1.81. The average molecular weight is 292 g/mol. The van der Waals surface area contributed by atoms with E-state index < -0.39 is 0 Å². The molecule has 0 radical (unpaired) electrons.